The first-order chi connectivity index (χ1) is 14.3. The lowest BCUT2D eigenvalue weighted by Gasteiger charge is -2.34. The summed E-state index contributed by atoms with van der Waals surface area (Å²) in [5.74, 6) is 1.38. The summed E-state index contributed by atoms with van der Waals surface area (Å²) in [7, 11) is -3.52. The zero-order valence-electron chi connectivity index (χ0n) is 17.7. The second-order valence-electron chi connectivity index (χ2n) is 7.73. The molecule has 0 amide bonds. The monoisotopic (exact) mass is 426 g/mol. The maximum Gasteiger partial charge on any atom is 0.243 e. The van der Waals surface area contributed by atoms with Crippen LogP contribution >= 0.6 is 0 Å². The van der Waals surface area contributed by atoms with Crippen molar-refractivity contribution in [2.24, 2.45) is 0 Å². The van der Waals surface area contributed by atoms with E-state index in [1.807, 2.05) is 45.9 Å². The highest BCUT2D eigenvalue weighted by molar-refractivity contribution is 7.89. The summed E-state index contributed by atoms with van der Waals surface area (Å²) < 4.78 is 29.6. The fourth-order valence-electron chi connectivity index (χ4n) is 3.74. The van der Waals surface area contributed by atoms with Gasteiger partial charge in [0.05, 0.1) is 23.0 Å². The first-order valence-electron chi connectivity index (χ1n) is 9.94. The summed E-state index contributed by atoms with van der Waals surface area (Å²) in [6.07, 6.45) is 3.40. The molecule has 0 atom stereocenters. The van der Waals surface area contributed by atoms with Crippen LogP contribution in [0.15, 0.2) is 41.6 Å². The average molecular weight is 427 g/mol. The van der Waals surface area contributed by atoms with Crippen LogP contribution in [-0.2, 0) is 10.0 Å². The first kappa shape index (κ1) is 20.5. The Labute approximate surface area is 177 Å². The molecule has 30 heavy (non-hydrogen) atoms. The molecule has 1 aliphatic heterocycles. The standard InChI is InChI=1S/C21H26N6O2S/c1-15-5-6-16(2)19(11-15)30(28,29)26-9-7-25(8-10-26)20-13-22-14-21(23-20)27-18(4)12-17(3)24-27/h5-6,11-14H,7-10H2,1-4H3. The summed E-state index contributed by atoms with van der Waals surface area (Å²) in [5, 5.41) is 4.47. The molecule has 0 aliphatic carbocycles. The van der Waals surface area contributed by atoms with E-state index >= 15 is 0 Å². The van der Waals surface area contributed by atoms with Gasteiger partial charge >= 0.3 is 0 Å². The lowest BCUT2D eigenvalue weighted by Crippen LogP contribution is -2.49. The van der Waals surface area contributed by atoms with Gasteiger partial charge in [-0.1, -0.05) is 12.1 Å². The number of benzene rings is 1. The van der Waals surface area contributed by atoms with Crippen LogP contribution in [0.1, 0.15) is 22.5 Å². The minimum atomic E-state index is -3.52. The summed E-state index contributed by atoms with van der Waals surface area (Å²) >= 11 is 0. The van der Waals surface area contributed by atoms with Crippen molar-refractivity contribution in [3.8, 4) is 5.82 Å². The highest BCUT2D eigenvalue weighted by Crippen LogP contribution is 2.24. The van der Waals surface area contributed by atoms with Gasteiger partial charge in [-0.25, -0.2) is 18.1 Å². The molecule has 0 spiro atoms. The molecule has 2 aromatic heterocycles. The van der Waals surface area contributed by atoms with E-state index in [9.17, 15) is 8.42 Å². The number of anilines is 1. The Morgan fingerprint density at radius 3 is 2.27 bits per heavy atom. The van der Waals surface area contributed by atoms with E-state index in [1.54, 1.807) is 27.4 Å². The van der Waals surface area contributed by atoms with Crippen LogP contribution in [0.3, 0.4) is 0 Å². The molecule has 1 aromatic carbocycles. The van der Waals surface area contributed by atoms with Crippen molar-refractivity contribution in [3.63, 3.8) is 0 Å². The second kappa shape index (κ2) is 7.81. The lowest BCUT2D eigenvalue weighted by molar-refractivity contribution is 0.383. The van der Waals surface area contributed by atoms with Crippen molar-refractivity contribution in [1.82, 2.24) is 24.1 Å². The van der Waals surface area contributed by atoms with Gasteiger partial charge in [0.1, 0.15) is 5.82 Å². The molecule has 1 fully saturated rings. The third-order valence-corrected chi connectivity index (χ3v) is 7.40. The zero-order valence-corrected chi connectivity index (χ0v) is 18.5. The Kier molecular flexibility index (Phi) is 5.33. The number of rotatable bonds is 4. The van der Waals surface area contributed by atoms with Crippen molar-refractivity contribution >= 4 is 15.8 Å². The van der Waals surface area contributed by atoms with Crippen LogP contribution in [-0.4, -0.2) is 58.7 Å². The number of aryl methyl sites for hydroxylation is 4. The minimum absolute atomic E-state index is 0.391. The Hall–Kier alpha value is -2.78. The van der Waals surface area contributed by atoms with Gasteiger partial charge in [-0.15, -0.1) is 0 Å². The van der Waals surface area contributed by atoms with Gasteiger partial charge in [-0.2, -0.15) is 9.40 Å². The van der Waals surface area contributed by atoms with Gasteiger partial charge in [-0.3, -0.25) is 4.98 Å². The van der Waals surface area contributed by atoms with Gasteiger partial charge < -0.3 is 4.90 Å². The molecule has 0 radical (unpaired) electrons. The van der Waals surface area contributed by atoms with Crippen molar-refractivity contribution in [2.45, 2.75) is 32.6 Å². The SMILES string of the molecule is Cc1ccc(C)c(S(=O)(=O)N2CCN(c3cncc(-n4nc(C)cc4C)n3)CC2)c1. The molecular weight excluding hydrogens is 400 g/mol. The van der Waals surface area contributed by atoms with E-state index in [0.29, 0.717) is 36.9 Å². The van der Waals surface area contributed by atoms with Crippen LogP contribution in [0.2, 0.25) is 0 Å². The molecule has 8 nitrogen and oxygen atoms in total. The number of aromatic nitrogens is 4. The lowest BCUT2D eigenvalue weighted by atomic mass is 10.2. The molecule has 1 saturated heterocycles. The summed E-state index contributed by atoms with van der Waals surface area (Å²) in [4.78, 5) is 11.5. The smallest absolute Gasteiger partial charge is 0.243 e. The molecule has 1 aliphatic rings. The predicted molar refractivity (Wildman–Crippen MR) is 116 cm³/mol. The van der Waals surface area contributed by atoms with Crippen LogP contribution in [0, 0.1) is 27.7 Å². The molecule has 0 N–H and O–H groups in total. The fourth-order valence-corrected chi connectivity index (χ4v) is 5.47. The molecule has 158 valence electrons. The van der Waals surface area contributed by atoms with E-state index in [-0.39, 0.29) is 0 Å². The van der Waals surface area contributed by atoms with E-state index in [2.05, 4.69) is 15.0 Å². The third kappa shape index (κ3) is 3.82. The predicted octanol–water partition coefficient (Wildman–Crippen LogP) is 2.41. The largest absolute Gasteiger partial charge is 0.353 e. The number of sulfonamides is 1. The maximum absolute atomic E-state index is 13.2. The maximum atomic E-state index is 13.2. The van der Waals surface area contributed by atoms with Crippen LogP contribution in [0.4, 0.5) is 5.82 Å². The highest BCUT2D eigenvalue weighted by atomic mass is 32.2. The number of piperazine rings is 1. The van der Waals surface area contributed by atoms with Crippen molar-refractivity contribution in [2.75, 3.05) is 31.1 Å². The van der Waals surface area contributed by atoms with Crippen LogP contribution < -0.4 is 4.90 Å². The Balaban J connectivity index is 1.52. The molecule has 3 heterocycles. The van der Waals surface area contributed by atoms with E-state index in [0.717, 1.165) is 28.3 Å². The molecule has 0 unspecified atom stereocenters. The molecule has 0 bridgehead atoms. The van der Waals surface area contributed by atoms with Gasteiger partial charge in [-0.05, 0) is 51.0 Å². The average Bonchev–Trinajstić information content (AvgIpc) is 3.08. The van der Waals surface area contributed by atoms with Gasteiger partial charge in [0.2, 0.25) is 10.0 Å². The highest BCUT2D eigenvalue weighted by Gasteiger charge is 2.30. The quantitative estimate of drug-likeness (QED) is 0.637. The van der Waals surface area contributed by atoms with Crippen molar-refractivity contribution in [3.05, 3.63) is 59.2 Å². The van der Waals surface area contributed by atoms with Crippen molar-refractivity contribution in [1.29, 1.82) is 0 Å². The zero-order chi connectivity index (χ0) is 21.5. The Bertz CT molecular complexity index is 1180. The Morgan fingerprint density at radius 1 is 0.900 bits per heavy atom. The number of hydrogen-bond donors (Lipinski definition) is 0. The summed E-state index contributed by atoms with van der Waals surface area (Å²) in [5.41, 5.74) is 3.62. The Morgan fingerprint density at radius 2 is 1.60 bits per heavy atom. The topological polar surface area (TPSA) is 84.2 Å². The van der Waals surface area contributed by atoms with E-state index in [1.165, 1.54) is 0 Å². The van der Waals surface area contributed by atoms with E-state index in [4.69, 9.17) is 4.98 Å². The summed E-state index contributed by atoms with van der Waals surface area (Å²) in [6, 6.07) is 7.53. The van der Waals surface area contributed by atoms with Gasteiger partial charge in [0, 0.05) is 31.9 Å². The number of nitrogens with zero attached hydrogens (tertiary/aromatic N) is 6. The van der Waals surface area contributed by atoms with Crippen molar-refractivity contribution < 1.29 is 8.42 Å². The second-order valence-corrected chi connectivity index (χ2v) is 9.64. The van der Waals surface area contributed by atoms with Crippen LogP contribution in [0.25, 0.3) is 5.82 Å². The molecule has 9 heteroatoms. The van der Waals surface area contributed by atoms with Crippen LogP contribution in [0.5, 0.6) is 0 Å². The van der Waals surface area contributed by atoms with E-state index < -0.39 is 10.0 Å². The van der Waals surface area contributed by atoms with Gasteiger partial charge in [0.15, 0.2) is 5.82 Å². The summed E-state index contributed by atoms with van der Waals surface area (Å²) in [6.45, 7) is 9.58. The number of hydrogen-bond acceptors (Lipinski definition) is 6. The fraction of sp³-hybridized carbons (Fsp3) is 0.381. The molecule has 3 aromatic rings. The third-order valence-electron chi connectivity index (χ3n) is 5.36. The molecule has 4 rings (SSSR count). The van der Waals surface area contributed by atoms with Gasteiger partial charge in [0.25, 0.3) is 0 Å². The minimum Gasteiger partial charge on any atom is -0.353 e. The first-order valence-corrected chi connectivity index (χ1v) is 11.4. The normalized spacial score (nSPS) is 15.5. The molecular formula is C21H26N6O2S. The molecule has 0 saturated carbocycles.